The second kappa shape index (κ2) is 7.34. The van der Waals surface area contributed by atoms with Crippen LogP contribution in [0.25, 0.3) is 0 Å². The van der Waals surface area contributed by atoms with E-state index in [1.54, 1.807) is 14.2 Å². The van der Waals surface area contributed by atoms with E-state index in [1.165, 1.54) is 0 Å². The van der Waals surface area contributed by atoms with Crippen molar-refractivity contribution in [2.75, 3.05) is 14.2 Å². The van der Waals surface area contributed by atoms with Crippen molar-refractivity contribution >= 4 is 11.6 Å². The maximum Gasteiger partial charge on any atom is 0.127 e. The summed E-state index contributed by atoms with van der Waals surface area (Å²) in [5, 5.41) is 4.23. The maximum absolute atomic E-state index is 6.00. The number of methoxy groups -OCH3 is 2. The predicted molar refractivity (Wildman–Crippen MR) is 86.3 cm³/mol. The zero-order chi connectivity index (χ0) is 15.2. The van der Waals surface area contributed by atoms with Gasteiger partial charge in [-0.15, -0.1) is 0 Å². The molecule has 2 aromatic carbocycles. The highest BCUT2D eigenvalue weighted by Crippen LogP contribution is 2.29. The first-order valence-corrected chi connectivity index (χ1v) is 7.21. The van der Waals surface area contributed by atoms with E-state index in [0.717, 1.165) is 34.2 Å². The highest BCUT2D eigenvalue weighted by atomic mass is 35.5. The largest absolute Gasteiger partial charge is 0.497 e. The molecule has 0 fully saturated rings. The molecular formula is C17H20ClNO2. The van der Waals surface area contributed by atoms with Crippen molar-refractivity contribution in [1.82, 2.24) is 5.32 Å². The smallest absolute Gasteiger partial charge is 0.127 e. The van der Waals surface area contributed by atoms with Crippen LogP contribution in [0.15, 0.2) is 42.5 Å². The van der Waals surface area contributed by atoms with Crippen LogP contribution in [0.5, 0.6) is 11.5 Å². The normalized spacial score (nSPS) is 12.0. The fourth-order valence-electron chi connectivity index (χ4n) is 2.20. The summed E-state index contributed by atoms with van der Waals surface area (Å²) in [4.78, 5) is 0. The van der Waals surface area contributed by atoms with E-state index in [9.17, 15) is 0 Å². The first-order chi connectivity index (χ1) is 10.1. The highest BCUT2D eigenvalue weighted by Gasteiger charge is 2.12. The fraction of sp³-hybridized carbons (Fsp3) is 0.294. The molecule has 3 nitrogen and oxygen atoms in total. The van der Waals surface area contributed by atoms with Crippen LogP contribution in [0.3, 0.4) is 0 Å². The molecule has 0 aliphatic carbocycles. The molecule has 0 saturated carbocycles. The van der Waals surface area contributed by atoms with E-state index in [-0.39, 0.29) is 6.04 Å². The highest BCUT2D eigenvalue weighted by molar-refractivity contribution is 6.30. The summed E-state index contributed by atoms with van der Waals surface area (Å²) in [6.07, 6.45) is 0. The van der Waals surface area contributed by atoms with Crippen LogP contribution in [0, 0.1) is 0 Å². The minimum atomic E-state index is 0.157. The predicted octanol–water partition coefficient (Wildman–Crippen LogP) is 4.21. The Hall–Kier alpha value is -1.71. The van der Waals surface area contributed by atoms with Crippen molar-refractivity contribution in [3.8, 4) is 11.5 Å². The van der Waals surface area contributed by atoms with E-state index >= 15 is 0 Å². The lowest BCUT2D eigenvalue weighted by Crippen LogP contribution is -2.18. The average Bonchev–Trinajstić information content (AvgIpc) is 2.52. The number of ether oxygens (including phenoxy) is 2. The van der Waals surface area contributed by atoms with Crippen molar-refractivity contribution in [1.29, 1.82) is 0 Å². The summed E-state index contributed by atoms with van der Waals surface area (Å²) in [6.45, 7) is 2.85. The molecule has 0 saturated heterocycles. The minimum Gasteiger partial charge on any atom is -0.497 e. The lowest BCUT2D eigenvalue weighted by molar-refractivity contribution is 0.386. The van der Waals surface area contributed by atoms with Gasteiger partial charge in [-0.05, 0) is 30.7 Å². The maximum atomic E-state index is 6.00. The molecule has 1 atom stereocenters. The summed E-state index contributed by atoms with van der Waals surface area (Å²) < 4.78 is 10.7. The Balaban J connectivity index is 2.07. The Morgan fingerprint density at radius 2 is 1.90 bits per heavy atom. The second-order valence-electron chi connectivity index (χ2n) is 4.84. The van der Waals surface area contributed by atoms with Crippen molar-refractivity contribution in [3.05, 3.63) is 58.6 Å². The van der Waals surface area contributed by atoms with Gasteiger partial charge in [0, 0.05) is 29.2 Å². The number of hydrogen-bond acceptors (Lipinski definition) is 3. The molecule has 4 heteroatoms. The average molecular weight is 306 g/mol. The lowest BCUT2D eigenvalue weighted by Gasteiger charge is -2.18. The number of benzene rings is 2. The third-order valence-electron chi connectivity index (χ3n) is 3.41. The van der Waals surface area contributed by atoms with Crippen molar-refractivity contribution in [2.24, 2.45) is 0 Å². The lowest BCUT2D eigenvalue weighted by atomic mass is 10.1. The third kappa shape index (κ3) is 4.13. The number of rotatable bonds is 6. The van der Waals surface area contributed by atoms with Gasteiger partial charge in [0.2, 0.25) is 0 Å². The molecule has 0 bridgehead atoms. The van der Waals surface area contributed by atoms with Crippen molar-refractivity contribution in [3.63, 3.8) is 0 Å². The molecule has 2 rings (SSSR count). The Morgan fingerprint density at radius 1 is 1.10 bits per heavy atom. The van der Waals surface area contributed by atoms with Crippen LogP contribution in [0.4, 0.5) is 0 Å². The molecule has 1 unspecified atom stereocenters. The molecule has 0 radical (unpaired) electrons. The molecule has 0 aliphatic rings. The Kier molecular flexibility index (Phi) is 5.48. The van der Waals surface area contributed by atoms with Gasteiger partial charge in [0.15, 0.2) is 0 Å². The van der Waals surface area contributed by atoms with Gasteiger partial charge in [0.25, 0.3) is 0 Å². The van der Waals surface area contributed by atoms with E-state index in [2.05, 4.69) is 18.3 Å². The fourth-order valence-corrected chi connectivity index (χ4v) is 2.42. The van der Waals surface area contributed by atoms with Gasteiger partial charge in [-0.25, -0.2) is 0 Å². The van der Waals surface area contributed by atoms with Crippen LogP contribution in [-0.4, -0.2) is 14.2 Å². The van der Waals surface area contributed by atoms with Crippen molar-refractivity contribution < 1.29 is 9.47 Å². The Labute approximate surface area is 130 Å². The van der Waals surface area contributed by atoms with Crippen LogP contribution in [0.2, 0.25) is 5.02 Å². The van der Waals surface area contributed by atoms with E-state index in [1.807, 2.05) is 36.4 Å². The van der Waals surface area contributed by atoms with Gasteiger partial charge < -0.3 is 14.8 Å². The number of halogens is 1. The quantitative estimate of drug-likeness (QED) is 0.867. The van der Waals surface area contributed by atoms with Gasteiger partial charge in [-0.3, -0.25) is 0 Å². The Bertz CT molecular complexity index is 601. The molecule has 2 aromatic rings. The van der Waals surface area contributed by atoms with Crippen LogP contribution in [-0.2, 0) is 6.54 Å². The van der Waals surface area contributed by atoms with Gasteiger partial charge >= 0.3 is 0 Å². The standard InChI is InChI=1S/C17H20ClNO2/c1-12(19-11-13-5-4-6-14(18)9-13)16-8-7-15(20-2)10-17(16)21-3/h4-10,12,19H,11H2,1-3H3. The summed E-state index contributed by atoms with van der Waals surface area (Å²) >= 11 is 6.00. The third-order valence-corrected chi connectivity index (χ3v) is 3.64. The van der Waals surface area contributed by atoms with Gasteiger partial charge in [-0.2, -0.15) is 0 Å². The summed E-state index contributed by atoms with van der Waals surface area (Å²) in [5.41, 5.74) is 2.25. The second-order valence-corrected chi connectivity index (χ2v) is 5.28. The summed E-state index contributed by atoms with van der Waals surface area (Å²) in [5.74, 6) is 1.61. The zero-order valence-corrected chi connectivity index (χ0v) is 13.3. The Morgan fingerprint density at radius 3 is 2.57 bits per heavy atom. The molecule has 0 amide bonds. The molecule has 0 spiro atoms. The van der Waals surface area contributed by atoms with Crippen molar-refractivity contribution in [2.45, 2.75) is 19.5 Å². The van der Waals surface area contributed by atoms with Gasteiger partial charge in [0.05, 0.1) is 14.2 Å². The first-order valence-electron chi connectivity index (χ1n) is 6.83. The van der Waals surface area contributed by atoms with Gasteiger partial charge in [-0.1, -0.05) is 29.8 Å². The molecule has 112 valence electrons. The number of nitrogens with one attached hydrogen (secondary N) is 1. The molecule has 1 N–H and O–H groups in total. The van der Waals surface area contributed by atoms with E-state index in [0.29, 0.717) is 0 Å². The van der Waals surface area contributed by atoms with E-state index in [4.69, 9.17) is 21.1 Å². The zero-order valence-electron chi connectivity index (χ0n) is 12.5. The molecule has 21 heavy (non-hydrogen) atoms. The molecule has 0 heterocycles. The topological polar surface area (TPSA) is 30.5 Å². The summed E-state index contributed by atoms with van der Waals surface area (Å²) in [6, 6.07) is 13.9. The SMILES string of the molecule is COc1ccc(C(C)NCc2cccc(Cl)c2)c(OC)c1. The van der Waals surface area contributed by atoms with E-state index < -0.39 is 0 Å². The first kappa shape index (κ1) is 15.7. The van der Waals surface area contributed by atoms with Gasteiger partial charge in [0.1, 0.15) is 11.5 Å². The van der Waals surface area contributed by atoms with Crippen LogP contribution in [0.1, 0.15) is 24.1 Å². The van der Waals surface area contributed by atoms with Crippen LogP contribution < -0.4 is 14.8 Å². The number of hydrogen-bond donors (Lipinski definition) is 1. The molecule has 0 aliphatic heterocycles. The van der Waals surface area contributed by atoms with Crippen LogP contribution >= 0.6 is 11.6 Å². The minimum absolute atomic E-state index is 0.157. The monoisotopic (exact) mass is 305 g/mol. The molecule has 0 aromatic heterocycles. The molecular weight excluding hydrogens is 286 g/mol. The summed E-state index contributed by atoms with van der Waals surface area (Å²) in [7, 11) is 3.32.